The van der Waals surface area contributed by atoms with E-state index in [1.165, 1.54) is 7.11 Å². The SMILES string of the molecule is COC(=O)C1(NC(=O)CCc2nc(-c3ccc(Cl)cc3)no2)CCCCC1. The number of halogens is 1. The van der Waals surface area contributed by atoms with Gasteiger partial charge < -0.3 is 14.6 Å². The Balaban J connectivity index is 1.59. The van der Waals surface area contributed by atoms with Gasteiger partial charge in [-0.2, -0.15) is 4.98 Å². The van der Waals surface area contributed by atoms with E-state index < -0.39 is 5.54 Å². The number of rotatable bonds is 6. The van der Waals surface area contributed by atoms with Gasteiger partial charge in [0.15, 0.2) is 0 Å². The van der Waals surface area contributed by atoms with Crippen molar-refractivity contribution in [2.45, 2.75) is 50.5 Å². The summed E-state index contributed by atoms with van der Waals surface area (Å²) in [4.78, 5) is 28.9. The number of methoxy groups -OCH3 is 1. The number of nitrogens with one attached hydrogen (secondary N) is 1. The molecule has 1 aliphatic rings. The molecule has 1 aliphatic carbocycles. The van der Waals surface area contributed by atoms with E-state index in [2.05, 4.69) is 15.5 Å². The highest BCUT2D eigenvalue weighted by Crippen LogP contribution is 2.29. The first-order valence-corrected chi connectivity index (χ1v) is 9.38. The molecule has 1 N–H and O–H groups in total. The summed E-state index contributed by atoms with van der Waals surface area (Å²) < 4.78 is 10.1. The quantitative estimate of drug-likeness (QED) is 0.759. The first-order valence-electron chi connectivity index (χ1n) is 9.00. The van der Waals surface area contributed by atoms with Gasteiger partial charge in [0.1, 0.15) is 5.54 Å². The van der Waals surface area contributed by atoms with Crippen molar-refractivity contribution < 1.29 is 18.8 Å². The lowest BCUT2D eigenvalue weighted by atomic mass is 9.81. The van der Waals surface area contributed by atoms with Gasteiger partial charge in [0.25, 0.3) is 0 Å². The Kier molecular flexibility index (Phi) is 6.11. The van der Waals surface area contributed by atoms with Crippen LogP contribution >= 0.6 is 11.6 Å². The molecule has 7 nitrogen and oxygen atoms in total. The van der Waals surface area contributed by atoms with Crippen LogP contribution in [0.4, 0.5) is 0 Å². The first-order chi connectivity index (χ1) is 13.0. The number of carbonyl (C=O) groups excluding carboxylic acids is 2. The molecule has 0 saturated heterocycles. The van der Waals surface area contributed by atoms with E-state index in [9.17, 15) is 9.59 Å². The second-order valence-electron chi connectivity index (χ2n) is 6.70. The highest BCUT2D eigenvalue weighted by Gasteiger charge is 2.41. The fourth-order valence-electron chi connectivity index (χ4n) is 3.35. The average molecular weight is 392 g/mol. The van der Waals surface area contributed by atoms with Gasteiger partial charge in [-0.3, -0.25) is 4.79 Å². The highest BCUT2D eigenvalue weighted by molar-refractivity contribution is 6.30. The molecule has 1 aromatic carbocycles. The van der Waals surface area contributed by atoms with Gasteiger partial charge in [-0.25, -0.2) is 4.79 Å². The van der Waals surface area contributed by atoms with E-state index in [0.29, 0.717) is 36.0 Å². The number of ether oxygens (including phenoxy) is 1. The van der Waals surface area contributed by atoms with Crippen molar-refractivity contribution >= 4 is 23.5 Å². The van der Waals surface area contributed by atoms with Crippen molar-refractivity contribution in [2.24, 2.45) is 0 Å². The minimum Gasteiger partial charge on any atom is -0.467 e. The Morgan fingerprint density at radius 2 is 1.93 bits per heavy atom. The van der Waals surface area contributed by atoms with Crippen LogP contribution in [0.5, 0.6) is 0 Å². The summed E-state index contributed by atoms with van der Waals surface area (Å²) in [5.41, 5.74) is -0.126. The lowest BCUT2D eigenvalue weighted by Gasteiger charge is -2.35. The molecule has 1 amide bonds. The summed E-state index contributed by atoms with van der Waals surface area (Å²) >= 11 is 5.87. The Hall–Kier alpha value is -2.41. The normalized spacial score (nSPS) is 15.9. The van der Waals surface area contributed by atoms with Gasteiger partial charge in [0.05, 0.1) is 7.11 Å². The smallest absolute Gasteiger partial charge is 0.331 e. The number of carbonyl (C=O) groups is 2. The van der Waals surface area contributed by atoms with E-state index in [1.54, 1.807) is 24.3 Å². The third kappa shape index (κ3) is 4.66. The predicted octanol–water partition coefficient (Wildman–Crippen LogP) is 3.31. The van der Waals surface area contributed by atoms with Gasteiger partial charge in [-0.1, -0.05) is 36.0 Å². The van der Waals surface area contributed by atoms with Crippen LogP contribution in [0, 0.1) is 0 Å². The monoisotopic (exact) mass is 391 g/mol. The van der Waals surface area contributed by atoms with Crippen LogP contribution in [0.2, 0.25) is 5.02 Å². The Morgan fingerprint density at radius 1 is 1.22 bits per heavy atom. The minimum absolute atomic E-state index is 0.154. The Morgan fingerprint density at radius 3 is 2.59 bits per heavy atom. The third-order valence-corrected chi connectivity index (χ3v) is 5.05. The zero-order chi connectivity index (χ0) is 19.3. The maximum atomic E-state index is 12.4. The molecule has 1 fully saturated rings. The standard InChI is InChI=1S/C19H22ClN3O4/c1-26-18(25)19(11-3-2-4-12-19)22-15(24)9-10-16-21-17(23-27-16)13-5-7-14(20)8-6-13/h5-8H,2-4,9-12H2,1H3,(H,22,24). The van der Waals surface area contributed by atoms with Gasteiger partial charge >= 0.3 is 5.97 Å². The number of hydrogen-bond donors (Lipinski definition) is 1. The highest BCUT2D eigenvalue weighted by atomic mass is 35.5. The zero-order valence-electron chi connectivity index (χ0n) is 15.2. The fourth-order valence-corrected chi connectivity index (χ4v) is 3.48. The number of amides is 1. The van der Waals surface area contributed by atoms with E-state index in [4.69, 9.17) is 20.9 Å². The predicted molar refractivity (Wildman–Crippen MR) is 99.0 cm³/mol. The van der Waals surface area contributed by atoms with Gasteiger partial charge in [0.2, 0.25) is 17.6 Å². The second-order valence-corrected chi connectivity index (χ2v) is 7.14. The summed E-state index contributed by atoms with van der Waals surface area (Å²) in [6, 6.07) is 7.09. The van der Waals surface area contributed by atoms with Crippen LogP contribution in [0.15, 0.2) is 28.8 Å². The summed E-state index contributed by atoms with van der Waals surface area (Å²) in [6.07, 6.45) is 4.50. The average Bonchev–Trinajstić information content (AvgIpc) is 3.16. The van der Waals surface area contributed by atoms with Crippen molar-refractivity contribution in [3.63, 3.8) is 0 Å². The molecule has 27 heavy (non-hydrogen) atoms. The number of esters is 1. The van der Waals surface area contributed by atoms with Gasteiger partial charge in [-0.15, -0.1) is 0 Å². The van der Waals surface area contributed by atoms with Crippen LogP contribution in [0.25, 0.3) is 11.4 Å². The maximum Gasteiger partial charge on any atom is 0.331 e. The summed E-state index contributed by atoms with van der Waals surface area (Å²) in [7, 11) is 1.35. The van der Waals surface area contributed by atoms with Crippen LogP contribution < -0.4 is 5.32 Å². The lowest BCUT2D eigenvalue weighted by molar-refractivity contribution is -0.152. The molecule has 1 aromatic heterocycles. The molecule has 3 rings (SSSR count). The number of hydrogen-bond acceptors (Lipinski definition) is 6. The number of benzene rings is 1. The second kappa shape index (κ2) is 8.52. The van der Waals surface area contributed by atoms with Gasteiger partial charge in [-0.05, 0) is 37.1 Å². The molecule has 0 atom stereocenters. The third-order valence-electron chi connectivity index (χ3n) is 4.80. The topological polar surface area (TPSA) is 94.3 Å². The van der Waals surface area contributed by atoms with Crippen molar-refractivity contribution in [1.82, 2.24) is 15.5 Å². The molecular formula is C19H22ClN3O4. The Labute approximate surface area is 162 Å². The molecule has 1 saturated carbocycles. The minimum atomic E-state index is -0.909. The summed E-state index contributed by atoms with van der Waals surface area (Å²) in [5, 5.41) is 7.44. The van der Waals surface area contributed by atoms with Crippen molar-refractivity contribution in [2.75, 3.05) is 7.11 Å². The largest absolute Gasteiger partial charge is 0.467 e. The molecule has 1 heterocycles. The van der Waals surface area contributed by atoms with Crippen LogP contribution in [-0.4, -0.2) is 34.7 Å². The summed E-state index contributed by atoms with van der Waals surface area (Å²) in [6.45, 7) is 0. The molecular weight excluding hydrogens is 370 g/mol. The van der Waals surface area contributed by atoms with Crippen LogP contribution in [0.1, 0.15) is 44.4 Å². The molecule has 8 heteroatoms. The van der Waals surface area contributed by atoms with E-state index in [0.717, 1.165) is 24.8 Å². The van der Waals surface area contributed by atoms with Crippen molar-refractivity contribution in [1.29, 1.82) is 0 Å². The molecule has 0 radical (unpaired) electrons. The Bertz CT molecular complexity index is 798. The van der Waals surface area contributed by atoms with Crippen LogP contribution in [-0.2, 0) is 20.7 Å². The lowest BCUT2D eigenvalue weighted by Crippen LogP contribution is -2.56. The van der Waals surface area contributed by atoms with E-state index in [1.807, 2.05) is 0 Å². The molecule has 0 bridgehead atoms. The zero-order valence-corrected chi connectivity index (χ0v) is 15.9. The molecule has 0 aliphatic heterocycles. The van der Waals surface area contributed by atoms with Crippen molar-refractivity contribution in [3.05, 3.63) is 35.2 Å². The summed E-state index contributed by atoms with van der Waals surface area (Å²) in [5.74, 6) is 0.207. The molecule has 2 aromatic rings. The molecule has 0 spiro atoms. The first kappa shape index (κ1) is 19.4. The van der Waals surface area contributed by atoms with E-state index >= 15 is 0 Å². The molecule has 0 unspecified atom stereocenters. The maximum absolute atomic E-state index is 12.4. The number of aryl methyl sites for hydroxylation is 1. The van der Waals surface area contributed by atoms with Gasteiger partial charge in [0, 0.05) is 23.4 Å². The van der Waals surface area contributed by atoms with Crippen LogP contribution in [0.3, 0.4) is 0 Å². The fraction of sp³-hybridized carbons (Fsp3) is 0.474. The molecule has 144 valence electrons. The number of nitrogens with zero attached hydrogens (tertiary/aromatic N) is 2. The number of aromatic nitrogens is 2. The van der Waals surface area contributed by atoms with Crippen molar-refractivity contribution in [3.8, 4) is 11.4 Å². The van der Waals surface area contributed by atoms with E-state index in [-0.39, 0.29) is 18.3 Å².